The van der Waals surface area contributed by atoms with Gasteiger partial charge >= 0.3 is 0 Å². The minimum Gasteiger partial charge on any atom is -0.486 e. The summed E-state index contributed by atoms with van der Waals surface area (Å²) in [6, 6.07) is 14.9. The molecule has 0 saturated carbocycles. The second kappa shape index (κ2) is 9.68. The van der Waals surface area contributed by atoms with Crippen LogP contribution in [0.4, 0.5) is 15.8 Å². The van der Waals surface area contributed by atoms with E-state index in [0.717, 1.165) is 11.6 Å². The number of aryl methyl sites for hydroxylation is 1. The molecule has 0 bridgehead atoms. The summed E-state index contributed by atoms with van der Waals surface area (Å²) in [5, 5.41) is 2.64. The van der Waals surface area contributed by atoms with Gasteiger partial charge in [0.1, 0.15) is 19.0 Å². The number of hydrogen-bond acceptors (Lipinski definition) is 5. The lowest BCUT2D eigenvalue weighted by molar-refractivity contribution is -0.116. The van der Waals surface area contributed by atoms with E-state index in [9.17, 15) is 17.6 Å². The quantitative estimate of drug-likeness (QED) is 0.504. The molecule has 7 nitrogen and oxygen atoms in total. The lowest BCUT2D eigenvalue weighted by Gasteiger charge is -2.19. The van der Waals surface area contributed by atoms with E-state index in [1.54, 1.807) is 30.3 Å². The largest absolute Gasteiger partial charge is 0.486 e. The van der Waals surface area contributed by atoms with Gasteiger partial charge in [0.15, 0.2) is 11.5 Å². The van der Waals surface area contributed by atoms with Crippen LogP contribution >= 0.6 is 11.6 Å². The third kappa shape index (κ3) is 5.74. The first-order valence-electron chi connectivity index (χ1n) is 10.1. The Labute approximate surface area is 195 Å². The second-order valence-electron chi connectivity index (χ2n) is 7.28. The molecule has 10 heteroatoms. The average Bonchev–Trinajstić information content (AvgIpc) is 2.80. The van der Waals surface area contributed by atoms with E-state index in [0.29, 0.717) is 36.8 Å². The molecule has 3 aromatic rings. The summed E-state index contributed by atoms with van der Waals surface area (Å²) in [5.41, 5.74) is 1.56. The summed E-state index contributed by atoms with van der Waals surface area (Å²) in [6.07, 6.45) is 0.643. The molecule has 0 fully saturated rings. The first-order valence-corrected chi connectivity index (χ1v) is 11.9. The fraction of sp³-hybridized carbons (Fsp3) is 0.174. The highest BCUT2D eigenvalue weighted by Crippen LogP contribution is 2.32. The van der Waals surface area contributed by atoms with Crippen LogP contribution in [0, 0.1) is 5.82 Å². The molecule has 1 amide bonds. The van der Waals surface area contributed by atoms with Crippen LogP contribution in [0.1, 0.15) is 12.0 Å². The Bertz CT molecular complexity index is 1280. The van der Waals surface area contributed by atoms with Crippen molar-refractivity contribution in [2.24, 2.45) is 0 Å². The van der Waals surface area contributed by atoms with E-state index < -0.39 is 15.8 Å². The van der Waals surface area contributed by atoms with Gasteiger partial charge in [-0.15, -0.1) is 0 Å². The van der Waals surface area contributed by atoms with E-state index in [1.165, 1.54) is 24.3 Å². The smallest absolute Gasteiger partial charge is 0.261 e. The van der Waals surface area contributed by atoms with Gasteiger partial charge in [-0.1, -0.05) is 23.7 Å². The molecule has 0 unspecified atom stereocenters. The van der Waals surface area contributed by atoms with Crippen LogP contribution in [0.2, 0.25) is 5.02 Å². The van der Waals surface area contributed by atoms with Gasteiger partial charge in [-0.3, -0.25) is 9.52 Å². The van der Waals surface area contributed by atoms with Crippen molar-refractivity contribution in [2.45, 2.75) is 17.7 Å². The first-order chi connectivity index (χ1) is 15.8. The summed E-state index contributed by atoms with van der Waals surface area (Å²) in [5.74, 6) is 0.416. The zero-order valence-electron chi connectivity index (χ0n) is 17.3. The molecule has 1 aliphatic heterocycles. The van der Waals surface area contributed by atoms with Gasteiger partial charge in [-0.05, 0) is 54.4 Å². The predicted octanol–water partition coefficient (Wildman–Crippen LogP) is 4.62. The average molecular weight is 491 g/mol. The van der Waals surface area contributed by atoms with Crippen molar-refractivity contribution in [2.75, 3.05) is 23.3 Å². The number of fused-ring (bicyclic) bond motifs is 1. The zero-order chi connectivity index (χ0) is 23.4. The van der Waals surface area contributed by atoms with Gasteiger partial charge in [0.2, 0.25) is 5.91 Å². The molecule has 2 N–H and O–H groups in total. The number of carbonyl (C=O) groups is 1. The monoisotopic (exact) mass is 490 g/mol. The molecule has 33 heavy (non-hydrogen) atoms. The van der Waals surface area contributed by atoms with Gasteiger partial charge in [-0.2, -0.15) is 0 Å². The normalized spacial score (nSPS) is 12.8. The lowest BCUT2D eigenvalue weighted by atomic mass is 10.1. The van der Waals surface area contributed by atoms with Crippen LogP contribution < -0.4 is 19.5 Å². The van der Waals surface area contributed by atoms with Crippen molar-refractivity contribution in [1.82, 2.24) is 0 Å². The maximum absolute atomic E-state index is 13.3. The van der Waals surface area contributed by atoms with Crippen LogP contribution in [0.15, 0.2) is 65.6 Å². The summed E-state index contributed by atoms with van der Waals surface area (Å²) in [4.78, 5) is 12.3. The highest BCUT2D eigenvalue weighted by molar-refractivity contribution is 7.92. The molecule has 0 radical (unpaired) electrons. The molecule has 3 aromatic carbocycles. The van der Waals surface area contributed by atoms with Gasteiger partial charge in [0.05, 0.1) is 15.6 Å². The summed E-state index contributed by atoms with van der Waals surface area (Å²) in [6.45, 7) is 0.957. The number of amides is 1. The van der Waals surface area contributed by atoms with Gasteiger partial charge in [0.25, 0.3) is 10.0 Å². The first kappa shape index (κ1) is 22.9. The summed E-state index contributed by atoms with van der Waals surface area (Å²) < 4.78 is 51.7. The van der Waals surface area contributed by atoms with Crippen molar-refractivity contribution < 1.29 is 27.1 Å². The topological polar surface area (TPSA) is 93.7 Å². The van der Waals surface area contributed by atoms with Crippen LogP contribution in [-0.4, -0.2) is 27.5 Å². The fourth-order valence-electron chi connectivity index (χ4n) is 3.21. The number of halogens is 2. The molecule has 1 aliphatic rings. The van der Waals surface area contributed by atoms with Crippen LogP contribution in [0.5, 0.6) is 11.5 Å². The van der Waals surface area contributed by atoms with E-state index in [4.69, 9.17) is 21.1 Å². The SMILES string of the molecule is O=C(CCc1ccc(S(=O)(=O)Nc2ccc(F)c(Cl)c2)cc1)Nc1ccc2c(c1)OCCO2. The Morgan fingerprint density at radius 3 is 2.36 bits per heavy atom. The van der Waals surface area contributed by atoms with Crippen molar-refractivity contribution in [3.05, 3.63) is 77.1 Å². The van der Waals surface area contributed by atoms with Crippen LogP contribution in [0.25, 0.3) is 0 Å². The van der Waals surface area contributed by atoms with E-state index in [-0.39, 0.29) is 27.9 Å². The number of hydrogen-bond donors (Lipinski definition) is 2. The molecule has 4 rings (SSSR count). The number of benzene rings is 3. The third-order valence-electron chi connectivity index (χ3n) is 4.87. The number of ether oxygens (including phenoxy) is 2. The van der Waals surface area contributed by atoms with Crippen molar-refractivity contribution in [3.63, 3.8) is 0 Å². The van der Waals surface area contributed by atoms with E-state index >= 15 is 0 Å². The highest BCUT2D eigenvalue weighted by Gasteiger charge is 2.16. The Hall–Kier alpha value is -3.30. The molecule has 0 saturated heterocycles. The Balaban J connectivity index is 1.33. The van der Waals surface area contributed by atoms with E-state index in [2.05, 4.69) is 10.0 Å². The predicted molar refractivity (Wildman–Crippen MR) is 123 cm³/mol. The van der Waals surface area contributed by atoms with E-state index in [1.807, 2.05) is 0 Å². The van der Waals surface area contributed by atoms with Gasteiger partial charge < -0.3 is 14.8 Å². The second-order valence-corrected chi connectivity index (χ2v) is 9.37. The number of nitrogens with one attached hydrogen (secondary N) is 2. The van der Waals surface area contributed by atoms with Crippen molar-refractivity contribution in [3.8, 4) is 11.5 Å². The third-order valence-corrected chi connectivity index (χ3v) is 6.56. The Morgan fingerprint density at radius 1 is 0.939 bits per heavy atom. The van der Waals surface area contributed by atoms with Gasteiger partial charge in [-0.25, -0.2) is 12.8 Å². The minimum absolute atomic E-state index is 0.0347. The zero-order valence-corrected chi connectivity index (χ0v) is 18.9. The standard InChI is InChI=1S/C23H20ClFN2O5S/c24-19-13-17(4-8-20(19)25)27-33(29,30)18-6-1-15(2-7-18)3-10-23(28)26-16-5-9-21-22(14-16)32-12-11-31-21/h1-2,4-9,13-14,27H,3,10-12H2,(H,26,28). The minimum atomic E-state index is -3.87. The highest BCUT2D eigenvalue weighted by atomic mass is 35.5. The molecular weight excluding hydrogens is 471 g/mol. The fourth-order valence-corrected chi connectivity index (χ4v) is 4.44. The molecule has 0 aliphatic carbocycles. The Kier molecular flexibility index (Phi) is 6.71. The van der Waals surface area contributed by atoms with Crippen LogP contribution in [-0.2, 0) is 21.2 Å². The number of anilines is 2. The lowest BCUT2D eigenvalue weighted by Crippen LogP contribution is -2.16. The maximum Gasteiger partial charge on any atom is 0.261 e. The summed E-state index contributed by atoms with van der Waals surface area (Å²) >= 11 is 5.70. The molecule has 172 valence electrons. The molecule has 0 aromatic heterocycles. The number of sulfonamides is 1. The molecule has 0 spiro atoms. The molecular formula is C23H20ClFN2O5S. The van der Waals surface area contributed by atoms with Crippen molar-refractivity contribution >= 4 is 38.9 Å². The van der Waals surface area contributed by atoms with Crippen LogP contribution in [0.3, 0.4) is 0 Å². The maximum atomic E-state index is 13.3. The molecule has 1 heterocycles. The number of rotatable bonds is 7. The number of carbonyl (C=O) groups excluding carboxylic acids is 1. The van der Waals surface area contributed by atoms with Gasteiger partial charge in [0, 0.05) is 18.2 Å². The van der Waals surface area contributed by atoms with Crippen molar-refractivity contribution in [1.29, 1.82) is 0 Å². The Morgan fingerprint density at radius 2 is 1.64 bits per heavy atom. The summed E-state index contributed by atoms with van der Waals surface area (Å²) in [7, 11) is -3.87. The molecule has 0 atom stereocenters.